The van der Waals surface area contributed by atoms with Crippen LogP contribution in [0.5, 0.6) is 0 Å². The minimum Gasteiger partial charge on any atom is -0.378 e. The summed E-state index contributed by atoms with van der Waals surface area (Å²) in [7, 11) is 1.83. The summed E-state index contributed by atoms with van der Waals surface area (Å²) in [5, 5.41) is 6.98. The molecule has 7 nitrogen and oxygen atoms in total. The molecule has 2 saturated heterocycles. The number of aliphatic imine (C=N–C) groups is 1. The van der Waals surface area contributed by atoms with Crippen molar-refractivity contribution in [2.75, 3.05) is 57.9 Å². The number of hydrogen-bond donors (Lipinski definition) is 2. The van der Waals surface area contributed by atoms with Gasteiger partial charge in [-0.15, -0.1) is 0 Å². The van der Waals surface area contributed by atoms with E-state index in [1.807, 2.05) is 19.3 Å². The maximum Gasteiger partial charge on any atom is 0.191 e. The summed E-state index contributed by atoms with van der Waals surface area (Å²) >= 11 is 0. The van der Waals surface area contributed by atoms with Gasteiger partial charge in [-0.25, -0.2) is 4.98 Å². The van der Waals surface area contributed by atoms with E-state index in [1.54, 1.807) is 0 Å². The van der Waals surface area contributed by atoms with E-state index in [4.69, 9.17) is 4.74 Å². The first-order valence-corrected chi connectivity index (χ1v) is 10.6. The van der Waals surface area contributed by atoms with Crippen molar-refractivity contribution in [3.8, 4) is 0 Å². The molecule has 0 aliphatic carbocycles. The fourth-order valence-electron chi connectivity index (χ4n) is 3.94. The molecule has 0 radical (unpaired) electrons. The number of piperidine rings is 1. The normalized spacial score (nSPS) is 19.5. The number of pyridine rings is 1. The standard InChI is InChI=1S/C21H36N6O/c1-21(2,27-10-5-4-6-11-27)17-25-20(22-3)24-16-18-8-7-9-23-19(18)26-12-14-28-15-13-26/h7-9H,4-6,10-17H2,1-3H3,(H2,22,24,25). The van der Waals surface area contributed by atoms with Crippen molar-refractivity contribution in [2.24, 2.45) is 4.99 Å². The number of nitrogens with zero attached hydrogens (tertiary/aromatic N) is 4. The third-order valence-corrected chi connectivity index (χ3v) is 5.75. The zero-order chi connectivity index (χ0) is 19.8. The smallest absolute Gasteiger partial charge is 0.191 e. The Bertz CT molecular complexity index is 636. The molecule has 0 bridgehead atoms. The maximum atomic E-state index is 5.47. The second-order valence-electron chi connectivity index (χ2n) is 8.23. The largest absolute Gasteiger partial charge is 0.378 e. The lowest BCUT2D eigenvalue weighted by Crippen LogP contribution is -2.54. The van der Waals surface area contributed by atoms with E-state index in [0.29, 0.717) is 6.54 Å². The molecular formula is C21H36N6O. The molecule has 2 aliphatic heterocycles. The highest BCUT2D eigenvalue weighted by atomic mass is 16.5. The number of morpholine rings is 1. The molecule has 0 unspecified atom stereocenters. The van der Waals surface area contributed by atoms with Crippen LogP contribution in [0.4, 0.5) is 5.82 Å². The van der Waals surface area contributed by atoms with Crippen molar-refractivity contribution < 1.29 is 4.74 Å². The average molecular weight is 389 g/mol. The van der Waals surface area contributed by atoms with Gasteiger partial charge >= 0.3 is 0 Å². The number of ether oxygens (including phenoxy) is 1. The van der Waals surface area contributed by atoms with E-state index in [0.717, 1.165) is 44.6 Å². The molecule has 2 fully saturated rings. The van der Waals surface area contributed by atoms with Gasteiger partial charge < -0.3 is 20.3 Å². The van der Waals surface area contributed by atoms with Gasteiger partial charge in [0.2, 0.25) is 0 Å². The molecule has 0 spiro atoms. The average Bonchev–Trinajstić information content (AvgIpc) is 2.75. The van der Waals surface area contributed by atoms with E-state index in [1.165, 1.54) is 37.9 Å². The minimum absolute atomic E-state index is 0.116. The van der Waals surface area contributed by atoms with Crippen LogP contribution in [-0.2, 0) is 11.3 Å². The quantitative estimate of drug-likeness (QED) is 0.573. The number of likely N-dealkylation sites (tertiary alicyclic amines) is 1. The van der Waals surface area contributed by atoms with Gasteiger partial charge in [-0.1, -0.05) is 12.5 Å². The van der Waals surface area contributed by atoms with Crippen molar-refractivity contribution in [3.63, 3.8) is 0 Å². The van der Waals surface area contributed by atoms with Crippen molar-refractivity contribution in [3.05, 3.63) is 23.9 Å². The summed E-state index contributed by atoms with van der Waals surface area (Å²) in [6.07, 6.45) is 5.84. The van der Waals surface area contributed by atoms with Crippen LogP contribution in [0.15, 0.2) is 23.3 Å². The number of nitrogens with one attached hydrogen (secondary N) is 2. The highest BCUT2D eigenvalue weighted by Crippen LogP contribution is 2.20. The molecule has 0 saturated carbocycles. The topological polar surface area (TPSA) is 65.0 Å². The fourth-order valence-corrected chi connectivity index (χ4v) is 3.94. The second-order valence-corrected chi connectivity index (χ2v) is 8.23. The SMILES string of the molecule is CN=C(NCc1cccnc1N1CCOCC1)NCC(C)(C)N1CCCCC1. The van der Waals surface area contributed by atoms with Crippen molar-refractivity contribution in [1.29, 1.82) is 0 Å². The Balaban J connectivity index is 1.54. The van der Waals surface area contributed by atoms with Crippen LogP contribution in [0.1, 0.15) is 38.7 Å². The highest BCUT2D eigenvalue weighted by Gasteiger charge is 2.28. The number of hydrogen-bond acceptors (Lipinski definition) is 5. The minimum atomic E-state index is 0.116. The van der Waals surface area contributed by atoms with Gasteiger partial charge in [0, 0.05) is 50.5 Å². The van der Waals surface area contributed by atoms with Crippen LogP contribution in [-0.4, -0.2) is 74.4 Å². The zero-order valence-corrected chi connectivity index (χ0v) is 17.7. The van der Waals surface area contributed by atoms with E-state index >= 15 is 0 Å². The van der Waals surface area contributed by atoms with Crippen LogP contribution in [0.3, 0.4) is 0 Å². The van der Waals surface area contributed by atoms with E-state index in [9.17, 15) is 0 Å². The van der Waals surface area contributed by atoms with Gasteiger partial charge in [0.15, 0.2) is 5.96 Å². The third kappa shape index (κ3) is 5.58. The van der Waals surface area contributed by atoms with E-state index < -0.39 is 0 Å². The summed E-state index contributed by atoms with van der Waals surface area (Å²) in [4.78, 5) is 13.9. The van der Waals surface area contributed by atoms with Gasteiger partial charge in [0.1, 0.15) is 5.82 Å². The van der Waals surface area contributed by atoms with E-state index in [-0.39, 0.29) is 5.54 Å². The summed E-state index contributed by atoms with van der Waals surface area (Å²) in [5.74, 6) is 1.88. The van der Waals surface area contributed by atoms with Crippen LogP contribution in [0, 0.1) is 0 Å². The summed E-state index contributed by atoms with van der Waals surface area (Å²) in [6, 6.07) is 4.13. The number of anilines is 1. The van der Waals surface area contributed by atoms with Gasteiger partial charge in [-0.05, 0) is 45.8 Å². The Morgan fingerprint density at radius 2 is 1.89 bits per heavy atom. The van der Waals surface area contributed by atoms with E-state index in [2.05, 4.69) is 50.3 Å². The molecule has 28 heavy (non-hydrogen) atoms. The molecule has 156 valence electrons. The molecule has 1 aromatic rings. The molecule has 0 amide bonds. The highest BCUT2D eigenvalue weighted by molar-refractivity contribution is 5.79. The van der Waals surface area contributed by atoms with Crippen LogP contribution in [0.2, 0.25) is 0 Å². The molecule has 0 aromatic carbocycles. The lowest BCUT2D eigenvalue weighted by molar-refractivity contribution is 0.0982. The summed E-state index contributed by atoms with van der Waals surface area (Å²) in [5.41, 5.74) is 1.30. The monoisotopic (exact) mass is 388 g/mol. The Morgan fingerprint density at radius 3 is 2.61 bits per heavy atom. The van der Waals surface area contributed by atoms with Gasteiger partial charge in [0.05, 0.1) is 13.2 Å². The van der Waals surface area contributed by atoms with Crippen molar-refractivity contribution in [2.45, 2.75) is 45.2 Å². The molecule has 3 heterocycles. The van der Waals surface area contributed by atoms with Gasteiger partial charge in [-0.2, -0.15) is 0 Å². The number of guanidine groups is 1. The van der Waals surface area contributed by atoms with Crippen molar-refractivity contribution in [1.82, 2.24) is 20.5 Å². The number of aromatic nitrogens is 1. The lowest BCUT2D eigenvalue weighted by Gasteiger charge is -2.41. The Kier molecular flexibility index (Phi) is 7.50. The van der Waals surface area contributed by atoms with Crippen LogP contribution in [0.25, 0.3) is 0 Å². The van der Waals surface area contributed by atoms with Gasteiger partial charge in [0.25, 0.3) is 0 Å². The molecule has 7 heteroatoms. The fraction of sp³-hybridized carbons (Fsp3) is 0.714. The molecule has 2 N–H and O–H groups in total. The van der Waals surface area contributed by atoms with Crippen LogP contribution >= 0.6 is 0 Å². The first-order valence-electron chi connectivity index (χ1n) is 10.6. The number of rotatable bonds is 6. The Labute approximate surface area is 169 Å². The third-order valence-electron chi connectivity index (χ3n) is 5.75. The summed E-state index contributed by atoms with van der Waals surface area (Å²) in [6.45, 7) is 11.9. The first kappa shape index (κ1) is 20.9. The molecule has 1 aromatic heterocycles. The van der Waals surface area contributed by atoms with Gasteiger partial charge in [-0.3, -0.25) is 9.89 Å². The second kappa shape index (κ2) is 10.1. The summed E-state index contributed by atoms with van der Waals surface area (Å²) < 4.78 is 5.47. The maximum absolute atomic E-state index is 5.47. The van der Waals surface area contributed by atoms with Crippen LogP contribution < -0.4 is 15.5 Å². The first-order chi connectivity index (χ1) is 13.6. The zero-order valence-electron chi connectivity index (χ0n) is 17.7. The molecule has 2 aliphatic rings. The lowest BCUT2D eigenvalue weighted by atomic mass is 9.98. The molecular weight excluding hydrogens is 352 g/mol. The molecule has 3 rings (SSSR count). The predicted molar refractivity (Wildman–Crippen MR) is 115 cm³/mol. The predicted octanol–water partition coefficient (Wildman–Crippen LogP) is 1.85. The Hall–Kier alpha value is -1.86. The Morgan fingerprint density at radius 1 is 1.14 bits per heavy atom. The molecule has 0 atom stereocenters. The van der Waals surface area contributed by atoms with Crippen molar-refractivity contribution >= 4 is 11.8 Å².